The van der Waals surface area contributed by atoms with Crippen LogP contribution >= 0.6 is 0 Å². The van der Waals surface area contributed by atoms with E-state index in [9.17, 15) is 18.4 Å². The molecule has 2 aromatic carbocycles. The molecular formula is C20H22F2N2O2. The third-order valence-corrected chi connectivity index (χ3v) is 3.97. The van der Waals surface area contributed by atoms with Crippen LogP contribution in [0.5, 0.6) is 0 Å². The van der Waals surface area contributed by atoms with Crippen LogP contribution in [0.1, 0.15) is 36.8 Å². The molecule has 138 valence electrons. The number of unbranched alkanes of at least 4 members (excludes halogenated alkanes) is 1. The minimum Gasteiger partial charge on any atom is -0.326 e. The van der Waals surface area contributed by atoms with E-state index in [-0.39, 0.29) is 36.3 Å². The lowest BCUT2D eigenvalue weighted by molar-refractivity contribution is -0.118. The predicted molar refractivity (Wildman–Crippen MR) is 98.0 cm³/mol. The molecule has 0 saturated heterocycles. The van der Waals surface area contributed by atoms with Gasteiger partial charge >= 0.3 is 0 Å². The smallest absolute Gasteiger partial charge is 0.224 e. The molecule has 0 aliphatic rings. The average molecular weight is 360 g/mol. The van der Waals surface area contributed by atoms with Gasteiger partial charge in [0, 0.05) is 24.2 Å². The molecule has 0 unspecified atom stereocenters. The quantitative estimate of drug-likeness (QED) is 0.702. The average Bonchev–Trinajstić information content (AvgIpc) is 2.58. The summed E-state index contributed by atoms with van der Waals surface area (Å²) in [5, 5.41) is 5.26. The van der Waals surface area contributed by atoms with Gasteiger partial charge in [0.25, 0.3) is 0 Å². The van der Waals surface area contributed by atoms with Gasteiger partial charge in [-0.05, 0) is 62.1 Å². The Labute approximate surface area is 151 Å². The number of amides is 2. The van der Waals surface area contributed by atoms with Crippen molar-refractivity contribution in [2.75, 3.05) is 10.6 Å². The van der Waals surface area contributed by atoms with Gasteiger partial charge in [0.2, 0.25) is 11.8 Å². The van der Waals surface area contributed by atoms with E-state index in [1.165, 1.54) is 12.1 Å². The Kier molecular flexibility index (Phi) is 6.83. The highest BCUT2D eigenvalue weighted by Crippen LogP contribution is 2.15. The highest BCUT2D eigenvalue weighted by atomic mass is 19.1. The normalized spacial score (nSPS) is 10.5. The Morgan fingerprint density at radius 3 is 1.50 bits per heavy atom. The Morgan fingerprint density at radius 1 is 0.769 bits per heavy atom. The van der Waals surface area contributed by atoms with Crippen LogP contribution in [0, 0.1) is 25.5 Å². The van der Waals surface area contributed by atoms with Crippen LogP contribution in [-0.4, -0.2) is 11.8 Å². The summed E-state index contributed by atoms with van der Waals surface area (Å²) in [6.45, 7) is 3.30. The zero-order chi connectivity index (χ0) is 19.1. The molecule has 0 aliphatic carbocycles. The number of rotatable bonds is 7. The minimum atomic E-state index is -0.369. The van der Waals surface area contributed by atoms with Crippen LogP contribution in [0.25, 0.3) is 0 Å². The summed E-state index contributed by atoms with van der Waals surface area (Å²) >= 11 is 0. The fourth-order valence-corrected chi connectivity index (χ4v) is 2.36. The number of anilines is 2. The van der Waals surface area contributed by atoms with Gasteiger partial charge in [-0.2, -0.15) is 0 Å². The maximum atomic E-state index is 13.4. The monoisotopic (exact) mass is 360 g/mol. The molecule has 0 aromatic heterocycles. The van der Waals surface area contributed by atoms with Gasteiger partial charge in [0.1, 0.15) is 11.6 Å². The first-order valence-corrected chi connectivity index (χ1v) is 8.47. The van der Waals surface area contributed by atoms with Crippen LogP contribution in [0.2, 0.25) is 0 Å². The van der Waals surface area contributed by atoms with Crippen molar-refractivity contribution in [1.82, 2.24) is 0 Å². The number of carbonyl (C=O) groups is 2. The molecule has 2 N–H and O–H groups in total. The van der Waals surface area contributed by atoms with Gasteiger partial charge in [0.05, 0.1) is 0 Å². The summed E-state index contributed by atoms with van der Waals surface area (Å²) in [6.07, 6.45) is 1.52. The number of benzene rings is 2. The molecule has 0 saturated carbocycles. The number of carbonyl (C=O) groups excluding carboxylic acids is 2. The number of hydrogen-bond acceptors (Lipinski definition) is 2. The summed E-state index contributed by atoms with van der Waals surface area (Å²) in [5.41, 5.74) is 1.86. The fourth-order valence-electron chi connectivity index (χ4n) is 2.36. The highest BCUT2D eigenvalue weighted by molar-refractivity contribution is 5.91. The molecule has 0 heterocycles. The summed E-state index contributed by atoms with van der Waals surface area (Å²) in [7, 11) is 0. The summed E-state index contributed by atoms with van der Waals surface area (Å²) in [6, 6.07) is 9.05. The second-order valence-corrected chi connectivity index (χ2v) is 6.23. The molecule has 0 aliphatic heterocycles. The van der Waals surface area contributed by atoms with Gasteiger partial charge in [-0.3, -0.25) is 9.59 Å². The third kappa shape index (κ3) is 5.95. The Balaban J connectivity index is 1.68. The van der Waals surface area contributed by atoms with Crippen LogP contribution in [-0.2, 0) is 9.59 Å². The molecule has 2 aromatic rings. The summed E-state index contributed by atoms with van der Waals surface area (Å²) in [5.74, 6) is -1.19. The molecule has 0 bridgehead atoms. The predicted octanol–water partition coefficient (Wildman–Crippen LogP) is 4.72. The SMILES string of the molecule is Cc1ccc(NC(=O)CCCCC(=O)Nc2ccc(C)c(F)c2)cc1F. The highest BCUT2D eigenvalue weighted by Gasteiger charge is 2.07. The number of hydrogen-bond donors (Lipinski definition) is 2. The molecule has 4 nitrogen and oxygen atoms in total. The van der Waals surface area contributed by atoms with Crippen LogP contribution < -0.4 is 10.6 Å². The Hall–Kier alpha value is -2.76. The van der Waals surface area contributed by atoms with Gasteiger partial charge in [-0.15, -0.1) is 0 Å². The molecule has 0 radical (unpaired) electrons. The molecule has 6 heteroatoms. The number of nitrogens with one attached hydrogen (secondary N) is 2. The first-order chi connectivity index (χ1) is 12.3. The van der Waals surface area contributed by atoms with Crippen molar-refractivity contribution >= 4 is 23.2 Å². The molecule has 0 fully saturated rings. The first-order valence-electron chi connectivity index (χ1n) is 8.47. The van der Waals surface area contributed by atoms with Crippen molar-refractivity contribution in [2.24, 2.45) is 0 Å². The van der Waals surface area contributed by atoms with Crippen molar-refractivity contribution in [3.05, 3.63) is 59.2 Å². The van der Waals surface area contributed by atoms with E-state index in [1.54, 1.807) is 38.1 Å². The standard InChI is InChI=1S/C20H22F2N2O2/c1-13-7-9-15(11-17(13)21)23-19(25)5-3-4-6-20(26)24-16-10-8-14(2)18(22)12-16/h7-12H,3-6H2,1-2H3,(H,23,25)(H,24,26). The van der Waals surface area contributed by atoms with Gasteiger partial charge in [-0.25, -0.2) is 8.78 Å². The molecule has 2 rings (SSSR count). The van der Waals surface area contributed by atoms with Crippen LogP contribution in [0.3, 0.4) is 0 Å². The van der Waals surface area contributed by atoms with Crippen molar-refractivity contribution in [3.63, 3.8) is 0 Å². The van der Waals surface area contributed by atoms with Crippen LogP contribution in [0.15, 0.2) is 36.4 Å². The van der Waals surface area contributed by atoms with Crippen molar-refractivity contribution in [3.8, 4) is 0 Å². The lowest BCUT2D eigenvalue weighted by Gasteiger charge is -2.07. The molecule has 0 spiro atoms. The molecule has 0 atom stereocenters. The number of aryl methyl sites for hydroxylation is 2. The minimum absolute atomic E-state index is 0.228. The van der Waals surface area contributed by atoms with E-state index < -0.39 is 0 Å². The lowest BCUT2D eigenvalue weighted by atomic mass is 10.1. The fraction of sp³-hybridized carbons (Fsp3) is 0.300. The maximum absolute atomic E-state index is 13.4. The Bertz CT molecular complexity index is 739. The summed E-state index contributed by atoms with van der Waals surface area (Å²) in [4.78, 5) is 23.7. The number of halogens is 2. The third-order valence-electron chi connectivity index (χ3n) is 3.97. The second-order valence-electron chi connectivity index (χ2n) is 6.23. The van der Waals surface area contributed by atoms with Crippen LogP contribution in [0.4, 0.5) is 20.2 Å². The van der Waals surface area contributed by atoms with E-state index in [0.29, 0.717) is 35.3 Å². The van der Waals surface area contributed by atoms with Gasteiger partial charge < -0.3 is 10.6 Å². The first kappa shape index (κ1) is 19.6. The van der Waals surface area contributed by atoms with E-state index >= 15 is 0 Å². The molecule has 26 heavy (non-hydrogen) atoms. The molecular weight excluding hydrogens is 338 g/mol. The topological polar surface area (TPSA) is 58.2 Å². The van der Waals surface area contributed by atoms with Gasteiger partial charge in [-0.1, -0.05) is 12.1 Å². The zero-order valence-corrected chi connectivity index (χ0v) is 14.9. The van der Waals surface area contributed by atoms with Crippen molar-refractivity contribution < 1.29 is 18.4 Å². The van der Waals surface area contributed by atoms with E-state index in [2.05, 4.69) is 10.6 Å². The zero-order valence-electron chi connectivity index (χ0n) is 14.9. The summed E-state index contributed by atoms with van der Waals surface area (Å²) < 4.78 is 26.9. The van der Waals surface area contributed by atoms with E-state index in [4.69, 9.17) is 0 Å². The van der Waals surface area contributed by atoms with E-state index in [1.807, 2.05) is 0 Å². The lowest BCUT2D eigenvalue weighted by Crippen LogP contribution is -2.13. The maximum Gasteiger partial charge on any atom is 0.224 e. The Morgan fingerprint density at radius 2 is 1.15 bits per heavy atom. The largest absolute Gasteiger partial charge is 0.326 e. The second kappa shape index (κ2) is 9.08. The van der Waals surface area contributed by atoms with Crippen molar-refractivity contribution in [2.45, 2.75) is 39.5 Å². The molecule has 2 amide bonds. The van der Waals surface area contributed by atoms with Gasteiger partial charge in [0.15, 0.2) is 0 Å². The van der Waals surface area contributed by atoms with Crippen molar-refractivity contribution in [1.29, 1.82) is 0 Å². The van der Waals surface area contributed by atoms with E-state index in [0.717, 1.165) is 0 Å².